The lowest BCUT2D eigenvalue weighted by Gasteiger charge is -2.24. The van der Waals surface area contributed by atoms with E-state index in [-0.39, 0.29) is 11.7 Å². The van der Waals surface area contributed by atoms with Crippen LogP contribution < -0.4 is 5.73 Å². The molecule has 0 amide bonds. The molecule has 0 saturated heterocycles. The van der Waals surface area contributed by atoms with Crippen molar-refractivity contribution in [2.24, 2.45) is 0 Å². The first kappa shape index (κ1) is 16.7. The van der Waals surface area contributed by atoms with Gasteiger partial charge in [0.1, 0.15) is 5.69 Å². The number of rotatable bonds is 2. The van der Waals surface area contributed by atoms with Crippen LogP contribution in [0.4, 0.5) is 5.95 Å². The Morgan fingerprint density at radius 3 is 2.57 bits per heavy atom. The minimum atomic E-state index is 0.128. The highest BCUT2D eigenvalue weighted by Crippen LogP contribution is 2.35. The van der Waals surface area contributed by atoms with E-state index in [0.717, 1.165) is 28.9 Å². The van der Waals surface area contributed by atoms with Gasteiger partial charge in [-0.2, -0.15) is 9.61 Å². The van der Waals surface area contributed by atoms with Crippen LogP contribution in [-0.2, 0) is 6.42 Å². The summed E-state index contributed by atoms with van der Waals surface area (Å²) in [5.41, 5.74) is 12.5. The Hall–Kier alpha value is -3.47. The van der Waals surface area contributed by atoms with Gasteiger partial charge < -0.3 is 5.73 Å². The van der Waals surface area contributed by atoms with Crippen LogP contribution in [0, 0.1) is 6.92 Å². The second-order valence-corrected chi connectivity index (χ2v) is 7.37. The van der Waals surface area contributed by atoms with Gasteiger partial charge in [-0.1, -0.05) is 54.6 Å². The molecule has 5 heteroatoms. The number of imidazole rings is 1. The number of nitrogens with zero attached hydrogens (tertiary/aromatic N) is 3. The van der Waals surface area contributed by atoms with Crippen LogP contribution in [0.2, 0.25) is 0 Å². The summed E-state index contributed by atoms with van der Waals surface area (Å²) in [5, 5.41) is 4.73. The zero-order valence-corrected chi connectivity index (χ0v) is 15.6. The molecule has 2 aromatic heterocycles. The average Bonchev–Trinajstić information content (AvgIpc) is 3.03. The molecule has 28 heavy (non-hydrogen) atoms. The molecule has 2 aromatic carbocycles. The average molecular weight is 368 g/mol. The number of nitrogens with two attached hydrogens (primary N) is 1. The van der Waals surface area contributed by atoms with E-state index < -0.39 is 0 Å². The third-order valence-electron chi connectivity index (χ3n) is 5.57. The van der Waals surface area contributed by atoms with Gasteiger partial charge in [0, 0.05) is 17.5 Å². The molecule has 2 heterocycles. The summed E-state index contributed by atoms with van der Waals surface area (Å²) < 4.78 is 1.66. The second kappa shape index (κ2) is 6.30. The molecule has 0 spiro atoms. The standard InChI is InChI=1S/C23H20N4O/c1-14-7-5-6-10-17(14)16-11-19-18(21(28)12-16)13-20-22(15-8-3-2-4-9-15)25-23(24)27(20)26-19/h2-10,13,16H,11-12H2,1H3,(H2,24,25)/t16-/m1/s1. The fourth-order valence-electron chi connectivity index (χ4n) is 4.18. The van der Waals surface area contributed by atoms with Crippen LogP contribution in [0.3, 0.4) is 0 Å². The Morgan fingerprint density at radius 2 is 1.79 bits per heavy atom. The Kier molecular flexibility index (Phi) is 3.76. The van der Waals surface area contributed by atoms with Gasteiger partial charge in [0.25, 0.3) is 0 Å². The van der Waals surface area contributed by atoms with Crippen molar-refractivity contribution < 1.29 is 4.79 Å². The Bertz CT molecular complexity index is 1210. The van der Waals surface area contributed by atoms with E-state index in [1.54, 1.807) is 4.52 Å². The zero-order valence-electron chi connectivity index (χ0n) is 15.6. The van der Waals surface area contributed by atoms with Gasteiger partial charge in [-0.15, -0.1) is 0 Å². The van der Waals surface area contributed by atoms with Crippen molar-refractivity contribution >= 4 is 17.2 Å². The van der Waals surface area contributed by atoms with Crippen molar-refractivity contribution in [1.82, 2.24) is 14.6 Å². The molecule has 138 valence electrons. The topological polar surface area (TPSA) is 73.3 Å². The van der Waals surface area contributed by atoms with Crippen LogP contribution in [0.25, 0.3) is 16.8 Å². The maximum absolute atomic E-state index is 13.0. The summed E-state index contributed by atoms with van der Waals surface area (Å²) in [5.74, 6) is 0.606. The number of aryl methyl sites for hydroxylation is 1. The molecule has 5 nitrogen and oxygen atoms in total. The van der Waals surface area contributed by atoms with Crippen molar-refractivity contribution in [2.45, 2.75) is 25.7 Å². The lowest BCUT2D eigenvalue weighted by molar-refractivity contribution is 0.0962. The SMILES string of the molecule is Cc1ccccc1[C@H]1CC(=O)c2cc3c(-c4ccccc4)nc(N)n3nc2C1. The van der Waals surface area contributed by atoms with E-state index >= 15 is 0 Å². The first-order chi connectivity index (χ1) is 13.6. The van der Waals surface area contributed by atoms with Gasteiger partial charge in [0.2, 0.25) is 5.95 Å². The molecule has 2 N–H and O–H groups in total. The predicted octanol–water partition coefficient (Wildman–Crippen LogP) is 4.20. The second-order valence-electron chi connectivity index (χ2n) is 7.37. The summed E-state index contributed by atoms with van der Waals surface area (Å²) in [4.78, 5) is 17.5. The first-order valence-electron chi connectivity index (χ1n) is 9.44. The van der Waals surface area contributed by atoms with Crippen LogP contribution >= 0.6 is 0 Å². The number of hydrogen-bond donors (Lipinski definition) is 1. The lowest BCUT2D eigenvalue weighted by atomic mass is 9.80. The molecule has 1 aliphatic rings. The minimum absolute atomic E-state index is 0.128. The molecule has 0 saturated carbocycles. The number of ketones is 1. The van der Waals surface area contributed by atoms with E-state index in [9.17, 15) is 4.79 Å². The van der Waals surface area contributed by atoms with Crippen molar-refractivity contribution in [1.29, 1.82) is 0 Å². The van der Waals surface area contributed by atoms with E-state index in [4.69, 9.17) is 10.8 Å². The molecule has 0 unspecified atom stereocenters. The Morgan fingerprint density at radius 1 is 1.04 bits per heavy atom. The van der Waals surface area contributed by atoms with Crippen LogP contribution in [-0.4, -0.2) is 20.4 Å². The minimum Gasteiger partial charge on any atom is -0.368 e. The zero-order chi connectivity index (χ0) is 19.3. The molecule has 1 atom stereocenters. The van der Waals surface area contributed by atoms with E-state index in [1.165, 1.54) is 11.1 Å². The summed E-state index contributed by atoms with van der Waals surface area (Å²) in [6.45, 7) is 2.09. The molecule has 0 fully saturated rings. The lowest BCUT2D eigenvalue weighted by Crippen LogP contribution is -2.22. The van der Waals surface area contributed by atoms with Gasteiger partial charge in [-0.25, -0.2) is 4.98 Å². The fraction of sp³-hybridized carbons (Fsp3) is 0.174. The number of carbonyl (C=O) groups excluding carboxylic acids is 1. The van der Waals surface area contributed by atoms with Gasteiger partial charge in [0.05, 0.1) is 11.2 Å². The third-order valence-corrected chi connectivity index (χ3v) is 5.57. The first-order valence-corrected chi connectivity index (χ1v) is 9.44. The number of aromatic nitrogens is 3. The monoisotopic (exact) mass is 368 g/mol. The van der Waals surface area contributed by atoms with E-state index in [0.29, 0.717) is 17.9 Å². The number of fused-ring (bicyclic) bond motifs is 2. The van der Waals surface area contributed by atoms with Gasteiger partial charge in [-0.05, 0) is 36.5 Å². The van der Waals surface area contributed by atoms with Gasteiger partial charge >= 0.3 is 0 Å². The van der Waals surface area contributed by atoms with Crippen LogP contribution in [0.15, 0.2) is 60.7 Å². The van der Waals surface area contributed by atoms with Crippen molar-refractivity contribution in [3.8, 4) is 11.3 Å². The fourth-order valence-corrected chi connectivity index (χ4v) is 4.18. The maximum Gasteiger partial charge on any atom is 0.222 e. The predicted molar refractivity (Wildman–Crippen MR) is 109 cm³/mol. The third kappa shape index (κ3) is 2.59. The van der Waals surface area contributed by atoms with Crippen molar-refractivity contribution in [2.75, 3.05) is 5.73 Å². The number of Topliss-reactive ketones (excluding diaryl/α,β-unsaturated/α-hetero) is 1. The number of hydrogen-bond acceptors (Lipinski definition) is 4. The van der Waals surface area contributed by atoms with Crippen LogP contribution in [0.5, 0.6) is 0 Å². The number of anilines is 1. The van der Waals surface area contributed by atoms with Crippen molar-refractivity contribution in [3.63, 3.8) is 0 Å². The molecular weight excluding hydrogens is 348 g/mol. The summed E-state index contributed by atoms with van der Waals surface area (Å²) in [6, 6.07) is 20.0. The molecule has 1 aliphatic carbocycles. The highest BCUT2D eigenvalue weighted by molar-refractivity contribution is 6.00. The van der Waals surface area contributed by atoms with E-state index in [2.05, 4.69) is 24.0 Å². The molecule has 0 radical (unpaired) electrons. The smallest absolute Gasteiger partial charge is 0.222 e. The Labute approximate surface area is 162 Å². The summed E-state index contributed by atoms with van der Waals surface area (Å²) in [6.07, 6.45) is 1.22. The number of benzene rings is 2. The number of carbonyl (C=O) groups is 1. The largest absolute Gasteiger partial charge is 0.368 e. The Balaban J connectivity index is 1.64. The molecule has 4 aromatic rings. The normalized spacial score (nSPS) is 16.3. The molecule has 0 bridgehead atoms. The van der Waals surface area contributed by atoms with Gasteiger partial charge in [0.15, 0.2) is 5.78 Å². The highest BCUT2D eigenvalue weighted by Gasteiger charge is 2.29. The summed E-state index contributed by atoms with van der Waals surface area (Å²) in [7, 11) is 0. The maximum atomic E-state index is 13.0. The van der Waals surface area contributed by atoms with E-state index in [1.807, 2.05) is 48.5 Å². The van der Waals surface area contributed by atoms with Crippen molar-refractivity contribution in [3.05, 3.63) is 83.0 Å². The molecular formula is C23H20N4O. The summed E-state index contributed by atoms with van der Waals surface area (Å²) >= 11 is 0. The molecule has 5 rings (SSSR count). The van der Waals surface area contributed by atoms with Gasteiger partial charge in [-0.3, -0.25) is 4.79 Å². The quantitative estimate of drug-likeness (QED) is 0.575. The van der Waals surface area contributed by atoms with Crippen LogP contribution in [0.1, 0.15) is 39.5 Å². The molecule has 0 aliphatic heterocycles. The highest BCUT2D eigenvalue weighted by atomic mass is 16.1. The number of nitrogen functional groups attached to an aromatic ring is 1.